The molecule has 5 rings (SSSR count). The average molecular weight is 467 g/mol. The molecule has 1 heterocycles. The summed E-state index contributed by atoms with van der Waals surface area (Å²) in [5.41, 5.74) is 5.51. The van der Waals surface area contributed by atoms with Crippen molar-refractivity contribution in [3.05, 3.63) is 102 Å². The highest BCUT2D eigenvalue weighted by molar-refractivity contribution is 5.90. The number of nitrogens with one attached hydrogen (secondary N) is 2. The first-order valence-electron chi connectivity index (χ1n) is 11.7. The Morgan fingerprint density at radius 3 is 2.49 bits per heavy atom. The number of carbonyl (C=O) groups is 2. The lowest BCUT2D eigenvalue weighted by molar-refractivity contribution is -0.136. The van der Waals surface area contributed by atoms with Crippen LogP contribution in [0.5, 0.6) is 0 Å². The molecule has 35 heavy (non-hydrogen) atoms. The number of carboxylic acid groups (broad SMARTS) is 1. The number of carboxylic acids is 1. The van der Waals surface area contributed by atoms with Crippen molar-refractivity contribution < 1.29 is 14.7 Å². The van der Waals surface area contributed by atoms with Crippen molar-refractivity contribution in [2.75, 3.05) is 5.32 Å². The molecular formula is C28H26N4O3. The summed E-state index contributed by atoms with van der Waals surface area (Å²) in [6.07, 6.45) is 2.90. The lowest BCUT2D eigenvalue weighted by Crippen LogP contribution is -2.34. The van der Waals surface area contributed by atoms with Crippen LogP contribution in [-0.4, -0.2) is 26.9 Å². The van der Waals surface area contributed by atoms with Crippen molar-refractivity contribution in [3.8, 4) is 16.9 Å². The normalized spacial score (nSPS) is 14.7. The van der Waals surface area contributed by atoms with E-state index < -0.39 is 5.97 Å². The lowest BCUT2D eigenvalue weighted by atomic mass is 9.88. The number of aryl methyl sites for hydroxylation is 1. The molecule has 0 fully saturated rings. The summed E-state index contributed by atoms with van der Waals surface area (Å²) in [7, 11) is 0. The minimum absolute atomic E-state index is 0.0415. The summed E-state index contributed by atoms with van der Waals surface area (Å²) < 4.78 is 1.67. The second-order valence-corrected chi connectivity index (χ2v) is 8.67. The van der Waals surface area contributed by atoms with E-state index in [-0.39, 0.29) is 18.5 Å². The number of carbonyl (C=O) groups excluding carboxylic acids is 1. The van der Waals surface area contributed by atoms with Crippen molar-refractivity contribution in [2.24, 2.45) is 0 Å². The zero-order chi connectivity index (χ0) is 24.2. The van der Waals surface area contributed by atoms with Gasteiger partial charge in [0.15, 0.2) is 0 Å². The molecule has 0 saturated heterocycles. The van der Waals surface area contributed by atoms with Gasteiger partial charge in [0.1, 0.15) is 5.82 Å². The van der Waals surface area contributed by atoms with Crippen molar-refractivity contribution in [2.45, 2.75) is 31.7 Å². The van der Waals surface area contributed by atoms with Crippen LogP contribution < -0.4 is 10.6 Å². The van der Waals surface area contributed by atoms with Gasteiger partial charge in [0.2, 0.25) is 0 Å². The van der Waals surface area contributed by atoms with E-state index in [9.17, 15) is 9.59 Å². The van der Waals surface area contributed by atoms with Crippen LogP contribution in [0.3, 0.4) is 0 Å². The maximum atomic E-state index is 13.1. The molecule has 1 aliphatic carbocycles. The molecule has 3 N–H and O–H groups in total. The smallest absolute Gasteiger partial charge is 0.320 e. The van der Waals surface area contributed by atoms with Crippen LogP contribution >= 0.6 is 0 Å². The Kier molecular flexibility index (Phi) is 6.30. The number of hydrogen-bond donors (Lipinski definition) is 3. The fourth-order valence-corrected chi connectivity index (χ4v) is 4.56. The first-order chi connectivity index (χ1) is 17.1. The molecule has 3 aromatic carbocycles. The number of urea groups is 1. The van der Waals surface area contributed by atoms with Gasteiger partial charge in [-0.3, -0.25) is 10.1 Å². The predicted octanol–water partition coefficient (Wildman–Crippen LogP) is 5.37. The molecule has 1 unspecified atom stereocenters. The number of benzene rings is 3. The highest BCUT2D eigenvalue weighted by Gasteiger charge is 2.22. The number of nitrogens with zero attached hydrogens (tertiary/aromatic N) is 2. The fourth-order valence-electron chi connectivity index (χ4n) is 4.56. The van der Waals surface area contributed by atoms with Crippen molar-refractivity contribution in [3.63, 3.8) is 0 Å². The molecule has 0 saturated carbocycles. The van der Waals surface area contributed by atoms with Gasteiger partial charge in [-0.05, 0) is 48.1 Å². The standard InChI is InChI=1S/C28H26N4O3/c33-27(34)17-19-13-15-22(16-14-19)32-26(18-25(31-32)21-8-2-1-3-9-21)30-28(35)29-24-12-6-10-20-7-4-5-11-23(20)24/h1-5,7-9,11,13-16,18,24H,6,10,12,17H2,(H,33,34)(H2,29,30,35). The number of aromatic nitrogens is 2. The third-order valence-electron chi connectivity index (χ3n) is 6.23. The molecule has 176 valence electrons. The zero-order valence-electron chi connectivity index (χ0n) is 19.1. The first kappa shape index (κ1) is 22.4. The molecule has 1 aliphatic rings. The Labute approximate surface area is 203 Å². The van der Waals surface area contributed by atoms with Gasteiger partial charge in [-0.15, -0.1) is 0 Å². The maximum absolute atomic E-state index is 13.1. The van der Waals surface area contributed by atoms with E-state index in [0.29, 0.717) is 11.4 Å². The molecule has 0 aliphatic heterocycles. The monoisotopic (exact) mass is 466 g/mol. The van der Waals surface area contributed by atoms with Gasteiger partial charge in [-0.2, -0.15) is 5.10 Å². The number of anilines is 1. The molecule has 7 nitrogen and oxygen atoms in total. The number of rotatable bonds is 6. The SMILES string of the molecule is O=C(O)Cc1ccc(-n2nc(-c3ccccc3)cc2NC(=O)NC2CCCc3ccccc32)cc1. The van der Waals surface area contributed by atoms with E-state index in [0.717, 1.165) is 36.2 Å². The zero-order valence-corrected chi connectivity index (χ0v) is 19.1. The number of amides is 2. The number of hydrogen-bond acceptors (Lipinski definition) is 3. The average Bonchev–Trinajstić information content (AvgIpc) is 3.28. The van der Waals surface area contributed by atoms with Crippen LogP contribution in [0.4, 0.5) is 10.6 Å². The van der Waals surface area contributed by atoms with Crippen molar-refractivity contribution in [1.29, 1.82) is 0 Å². The van der Waals surface area contributed by atoms with E-state index in [1.165, 1.54) is 11.1 Å². The minimum Gasteiger partial charge on any atom is -0.481 e. The Morgan fingerprint density at radius 1 is 0.971 bits per heavy atom. The summed E-state index contributed by atoms with van der Waals surface area (Å²) in [4.78, 5) is 24.1. The van der Waals surface area contributed by atoms with E-state index >= 15 is 0 Å². The highest BCUT2D eigenvalue weighted by atomic mass is 16.4. The van der Waals surface area contributed by atoms with Crippen LogP contribution in [-0.2, 0) is 17.6 Å². The number of aliphatic carboxylic acids is 1. The second kappa shape index (κ2) is 9.85. The Bertz CT molecular complexity index is 1350. The number of fused-ring (bicyclic) bond motifs is 1. The highest BCUT2D eigenvalue weighted by Crippen LogP contribution is 2.30. The molecular weight excluding hydrogens is 440 g/mol. The Balaban J connectivity index is 1.42. The first-order valence-corrected chi connectivity index (χ1v) is 11.7. The largest absolute Gasteiger partial charge is 0.481 e. The molecule has 1 atom stereocenters. The lowest BCUT2D eigenvalue weighted by Gasteiger charge is -2.26. The molecule has 1 aromatic heterocycles. The van der Waals surface area contributed by atoms with Crippen LogP contribution in [0.15, 0.2) is 84.9 Å². The van der Waals surface area contributed by atoms with E-state index in [1.54, 1.807) is 28.9 Å². The molecule has 4 aromatic rings. The van der Waals surface area contributed by atoms with Crippen LogP contribution in [0.25, 0.3) is 16.9 Å². The van der Waals surface area contributed by atoms with E-state index in [2.05, 4.69) is 22.8 Å². The summed E-state index contributed by atoms with van der Waals surface area (Å²) in [5.74, 6) is -0.358. The third-order valence-corrected chi connectivity index (χ3v) is 6.23. The summed E-state index contributed by atoms with van der Waals surface area (Å²) in [6, 6.07) is 26.6. The van der Waals surface area contributed by atoms with Gasteiger partial charge < -0.3 is 10.4 Å². The van der Waals surface area contributed by atoms with E-state index in [4.69, 9.17) is 10.2 Å². The molecule has 2 amide bonds. The van der Waals surface area contributed by atoms with Gasteiger partial charge in [-0.25, -0.2) is 9.48 Å². The Morgan fingerprint density at radius 2 is 1.71 bits per heavy atom. The molecule has 0 spiro atoms. The molecule has 7 heteroatoms. The van der Waals surface area contributed by atoms with Crippen LogP contribution in [0.1, 0.15) is 35.6 Å². The van der Waals surface area contributed by atoms with Gasteiger partial charge in [0, 0.05) is 11.6 Å². The topological polar surface area (TPSA) is 96.2 Å². The third kappa shape index (κ3) is 5.09. The van der Waals surface area contributed by atoms with Crippen molar-refractivity contribution >= 4 is 17.8 Å². The van der Waals surface area contributed by atoms with E-state index in [1.807, 2.05) is 48.5 Å². The minimum atomic E-state index is -0.883. The quantitative estimate of drug-likeness (QED) is 0.356. The second-order valence-electron chi connectivity index (χ2n) is 8.67. The van der Waals surface area contributed by atoms with Gasteiger partial charge in [-0.1, -0.05) is 66.7 Å². The molecule has 0 bridgehead atoms. The fraction of sp³-hybridized carbons (Fsp3) is 0.179. The molecule has 0 radical (unpaired) electrons. The predicted molar refractivity (Wildman–Crippen MR) is 135 cm³/mol. The van der Waals surface area contributed by atoms with Crippen LogP contribution in [0, 0.1) is 0 Å². The maximum Gasteiger partial charge on any atom is 0.320 e. The van der Waals surface area contributed by atoms with Crippen molar-refractivity contribution in [1.82, 2.24) is 15.1 Å². The van der Waals surface area contributed by atoms with Crippen LogP contribution in [0.2, 0.25) is 0 Å². The van der Waals surface area contributed by atoms with Gasteiger partial charge in [0.05, 0.1) is 23.8 Å². The van der Waals surface area contributed by atoms with Gasteiger partial charge in [0.25, 0.3) is 0 Å². The summed E-state index contributed by atoms with van der Waals surface area (Å²) in [6.45, 7) is 0. The summed E-state index contributed by atoms with van der Waals surface area (Å²) in [5, 5.41) is 19.9. The summed E-state index contributed by atoms with van der Waals surface area (Å²) >= 11 is 0. The van der Waals surface area contributed by atoms with Gasteiger partial charge >= 0.3 is 12.0 Å². The Hall–Kier alpha value is -4.39.